The van der Waals surface area contributed by atoms with E-state index in [1.54, 1.807) is 38.2 Å². The van der Waals surface area contributed by atoms with Crippen molar-refractivity contribution in [2.75, 3.05) is 12.4 Å². The summed E-state index contributed by atoms with van der Waals surface area (Å²) in [5, 5.41) is 6.76. The van der Waals surface area contributed by atoms with E-state index in [2.05, 4.69) is 15.2 Å². The van der Waals surface area contributed by atoms with Crippen LogP contribution in [0.4, 0.5) is 5.69 Å². The Labute approximate surface area is 116 Å². The molecule has 20 heavy (non-hydrogen) atoms. The van der Waals surface area contributed by atoms with Crippen molar-refractivity contribution in [3.63, 3.8) is 0 Å². The molecule has 0 atom stereocenters. The molecular weight excluding hydrogens is 258 g/mol. The predicted octanol–water partition coefficient (Wildman–Crippen LogP) is 1.77. The zero-order valence-corrected chi connectivity index (χ0v) is 11.5. The molecule has 0 bridgehead atoms. The Morgan fingerprint density at radius 3 is 2.50 bits per heavy atom. The molecule has 6 nitrogen and oxygen atoms in total. The fourth-order valence-electron chi connectivity index (χ4n) is 1.77. The Morgan fingerprint density at radius 2 is 1.90 bits per heavy atom. The van der Waals surface area contributed by atoms with Crippen LogP contribution in [0.5, 0.6) is 0 Å². The molecule has 0 radical (unpaired) electrons. The van der Waals surface area contributed by atoms with Crippen molar-refractivity contribution in [3.8, 4) is 0 Å². The largest absolute Gasteiger partial charge is 0.464 e. The van der Waals surface area contributed by atoms with Gasteiger partial charge in [0.1, 0.15) is 0 Å². The minimum atomic E-state index is -0.586. The lowest BCUT2D eigenvalue weighted by atomic mass is 10.2. The summed E-state index contributed by atoms with van der Waals surface area (Å²) in [6.45, 7) is 1.76. The minimum absolute atomic E-state index is 0.0942. The van der Waals surface area contributed by atoms with Gasteiger partial charge in [-0.1, -0.05) is 18.2 Å². The molecule has 1 aromatic carbocycles. The molecule has 0 unspecified atom stereocenters. The number of aromatic nitrogens is 2. The zero-order valence-electron chi connectivity index (χ0n) is 11.5. The highest BCUT2D eigenvalue weighted by Crippen LogP contribution is 2.21. The van der Waals surface area contributed by atoms with Crippen LogP contribution >= 0.6 is 0 Å². The third-order valence-corrected chi connectivity index (χ3v) is 2.99. The summed E-state index contributed by atoms with van der Waals surface area (Å²) in [6.07, 6.45) is 0. The van der Waals surface area contributed by atoms with Gasteiger partial charge in [0.25, 0.3) is 5.91 Å². The highest BCUT2D eigenvalue weighted by atomic mass is 16.5. The van der Waals surface area contributed by atoms with Gasteiger partial charge in [0.2, 0.25) is 0 Å². The van der Waals surface area contributed by atoms with Crippen LogP contribution in [0, 0.1) is 6.92 Å². The average molecular weight is 273 g/mol. The van der Waals surface area contributed by atoms with E-state index in [9.17, 15) is 9.59 Å². The lowest BCUT2D eigenvalue weighted by Gasteiger charge is -2.06. The Balaban J connectivity index is 2.34. The van der Waals surface area contributed by atoms with Gasteiger partial charge >= 0.3 is 5.97 Å². The van der Waals surface area contributed by atoms with Crippen LogP contribution in [-0.2, 0) is 11.8 Å². The summed E-state index contributed by atoms with van der Waals surface area (Å²) in [6, 6.07) is 8.75. The molecule has 0 fully saturated rings. The van der Waals surface area contributed by atoms with Gasteiger partial charge < -0.3 is 10.1 Å². The molecule has 1 amide bonds. The summed E-state index contributed by atoms with van der Waals surface area (Å²) in [5.74, 6) is -0.885. The molecule has 1 aromatic heterocycles. The number of carbonyl (C=O) groups excluding carboxylic acids is 2. The quantitative estimate of drug-likeness (QED) is 0.865. The van der Waals surface area contributed by atoms with Gasteiger partial charge in [-0.25, -0.2) is 4.79 Å². The van der Waals surface area contributed by atoms with Crippen LogP contribution < -0.4 is 5.32 Å². The number of methoxy groups -OCH3 is 1. The van der Waals surface area contributed by atoms with Crippen molar-refractivity contribution >= 4 is 17.6 Å². The van der Waals surface area contributed by atoms with Crippen LogP contribution in [-0.4, -0.2) is 28.8 Å². The molecule has 0 aliphatic heterocycles. The van der Waals surface area contributed by atoms with E-state index in [1.165, 1.54) is 11.8 Å². The van der Waals surface area contributed by atoms with E-state index in [0.29, 0.717) is 16.9 Å². The number of esters is 1. The number of anilines is 1. The zero-order chi connectivity index (χ0) is 14.7. The third-order valence-electron chi connectivity index (χ3n) is 2.99. The SMILES string of the molecule is COC(=O)c1nn(C)c(C)c1NC(=O)c1ccccc1. The van der Waals surface area contributed by atoms with E-state index in [4.69, 9.17) is 0 Å². The number of ether oxygens (including phenoxy) is 1. The van der Waals surface area contributed by atoms with E-state index < -0.39 is 5.97 Å². The maximum atomic E-state index is 12.1. The van der Waals surface area contributed by atoms with E-state index in [-0.39, 0.29) is 11.6 Å². The summed E-state index contributed by atoms with van der Waals surface area (Å²) in [4.78, 5) is 23.8. The van der Waals surface area contributed by atoms with Crippen molar-refractivity contribution in [3.05, 3.63) is 47.3 Å². The van der Waals surface area contributed by atoms with Crippen molar-refractivity contribution < 1.29 is 14.3 Å². The topological polar surface area (TPSA) is 73.2 Å². The molecule has 1 heterocycles. The summed E-state index contributed by atoms with van der Waals surface area (Å²) in [7, 11) is 2.97. The summed E-state index contributed by atoms with van der Waals surface area (Å²) < 4.78 is 6.19. The molecular formula is C14H15N3O3. The smallest absolute Gasteiger partial charge is 0.360 e. The van der Waals surface area contributed by atoms with Crippen molar-refractivity contribution in [2.45, 2.75) is 6.92 Å². The van der Waals surface area contributed by atoms with Crippen LogP contribution in [0.2, 0.25) is 0 Å². The normalized spacial score (nSPS) is 10.2. The van der Waals surface area contributed by atoms with E-state index >= 15 is 0 Å². The number of nitrogens with zero attached hydrogens (tertiary/aromatic N) is 2. The number of aryl methyl sites for hydroxylation is 1. The van der Waals surface area contributed by atoms with Crippen LogP contribution in [0.3, 0.4) is 0 Å². The molecule has 0 aliphatic rings. The van der Waals surface area contributed by atoms with E-state index in [0.717, 1.165) is 0 Å². The maximum absolute atomic E-state index is 12.1. The molecule has 6 heteroatoms. The molecule has 104 valence electrons. The second-order valence-corrected chi connectivity index (χ2v) is 4.24. The highest BCUT2D eigenvalue weighted by molar-refractivity contribution is 6.07. The fourth-order valence-corrected chi connectivity index (χ4v) is 1.77. The fraction of sp³-hybridized carbons (Fsp3) is 0.214. The summed E-state index contributed by atoms with van der Waals surface area (Å²) >= 11 is 0. The van der Waals surface area contributed by atoms with Gasteiger partial charge in [-0.2, -0.15) is 5.10 Å². The first-order chi connectivity index (χ1) is 9.54. The average Bonchev–Trinajstić information content (AvgIpc) is 2.75. The van der Waals surface area contributed by atoms with Crippen LogP contribution in [0.15, 0.2) is 30.3 Å². The third kappa shape index (κ3) is 2.54. The van der Waals surface area contributed by atoms with Gasteiger partial charge in [-0.05, 0) is 19.1 Å². The predicted molar refractivity (Wildman–Crippen MR) is 73.7 cm³/mol. The van der Waals surface area contributed by atoms with E-state index in [1.807, 2.05) is 6.07 Å². The number of benzene rings is 1. The first-order valence-corrected chi connectivity index (χ1v) is 6.03. The Bertz CT molecular complexity index is 647. The minimum Gasteiger partial charge on any atom is -0.464 e. The summed E-state index contributed by atoms with van der Waals surface area (Å²) in [5.41, 5.74) is 1.64. The number of hydrogen-bond donors (Lipinski definition) is 1. The molecule has 1 N–H and O–H groups in total. The van der Waals surface area contributed by atoms with Gasteiger partial charge in [0.05, 0.1) is 18.5 Å². The lowest BCUT2D eigenvalue weighted by molar-refractivity contribution is 0.0594. The first-order valence-electron chi connectivity index (χ1n) is 6.03. The standard InChI is InChI=1S/C14H15N3O3/c1-9-11(12(14(19)20-3)16-17(9)2)15-13(18)10-7-5-4-6-8-10/h4-8H,1-3H3,(H,15,18). The Morgan fingerprint density at radius 1 is 1.25 bits per heavy atom. The Hall–Kier alpha value is -2.63. The Kier molecular flexibility index (Phi) is 3.84. The van der Waals surface area contributed by atoms with Gasteiger partial charge in [-0.3, -0.25) is 9.48 Å². The molecule has 2 aromatic rings. The van der Waals surface area contributed by atoms with Gasteiger partial charge in [-0.15, -0.1) is 0 Å². The molecule has 0 saturated heterocycles. The number of carbonyl (C=O) groups is 2. The van der Waals surface area contributed by atoms with Crippen molar-refractivity contribution in [2.24, 2.45) is 7.05 Å². The molecule has 0 spiro atoms. The maximum Gasteiger partial charge on any atom is 0.360 e. The van der Waals surface area contributed by atoms with Crippen molar-refractivity contribution in [1.29, 1.82) is 0 Å². The van der Waals surface area contributed by atoms with Crippen molar-refractivity contribution in [1.82, 2.24) is 9.78 Å². The monoisotopic (exact) mass is 273 g/mol. The second kappa shape index (κ2) is 5.56. The molecule has 0 aliphatic carbocycles. The first kappa shape index (κ1) is 13.8. The number of amides is 1. The lowest BCUT2D eigenvalue weighted by Crippen LogP contribution is -2.15. The van der Waals surface area contributed by atoms with Crippen LogP contribution in [0.25, 0.3) is 0 Å². The number of hydrogen-bond acceptors (Lipinski definition) is 4. The van der Waals surface area contributed by atoms with Gasteiger partial charge in [0.15, 0.2) is 5.69 Å². The number of rotatable bonds is 3. The van der Waals surface area contributed by atoms with Crippen LogP contribution in [0.1, 0.15) is 26.5 Å². The second-order valence-electron chi connectivity index (χ2n) is 4.24. The van der Waals surface area contributed by atoms with Gasteiger partial charge in [0, 0.05) is 12.6 Å². The number of nitrogens with one attached hydrogen (secondary N) is 1. The molecule has 2 rings (SSSR count). The highest BCUT2D eigenvalue weighted by Gasteiger charge is 2.22. The molecule has 0 saturated carbocycles.